The van der Waals surface area contributed by atoms with Crippen LogP contribution in [0.25, 0.3) is 0 Å². The summed E-state index contributed by atoms with van der Waals surface area (Å²) in [5, 5.41) is 14.5. The molecule has 0 heterocycles. The highest BCUT2D eigenvalue weighted by Crippen LogP contribution is 2.29. The fourth-order valence-electron chi connectivity index (χ4n) is 4.29. The lowest BCUT2D eigenvalue weighted by atomic mass is 10.1. The molecular weight excluding hydrogens is 572 g/mol. The molecule has 43 heavy (non-hydrogen) atoms. The number of anilines is 1. The molecule has 0 aliphatic carbocycles. The van der Waals surface area contributed by atoms with Crippen LogP contribution in [0.1, 0.15) is 43.9 Å². The Morgan fingerprint density at radius 2 is 1.63 bits per heavy atom. The summed E-state index contributed by atoms with van der Waals surface area (Å²) < 4.78 is 34.2. The quantitative estimate of drug-likeness (QED) is 0.218. The second-order valence-corrected chi connectivity index (χ2v) is 12.3. The Morgan fingerprint density at radius 3 is 2.19 bits per heavy atom. The molecule has 0 unspecified atom stereocenters. The average molecular weight is 611 g/mol. The summed E-state index contributed by atoms with van der Waals surface area (Å²) >= 11 is 0. The monoisotopic (exact) mass is 610 g/mol. The minimum atomic E-state index is -4.48. The van der Waals surface area contributed by atoms with Crippen molar-refractivity contribution in [2.75, 3.05) is 18.0 Å². The molecule has 230 valence electrons. The van der Waals surface area contributed by atoms with Gasteiger partial charge in [-0.15, -0.1) is 0 Å². The number of sulfonamides is 1. The maximum absolute atomic E-state index is 14.0. The van der Waals surface area contributed by atoms with Crippen molar-refractivity contribution >= 4 is 33.2 Å². The number of nitrogens with zero attached hydrogens (tertiary/aromatic N) is 3. The standard InChI is InChI=1S/C31H38N4O7S/c1-7-23(4)32-31(37)24(5)33(19-25-11-8-21(2)9-12-25)30(36)20-34(26-13-15-27(42-6)16-14-26)43(40,41)28-17-10-22(3)29(18-28)35(38)39/h8-18,23-24H,7,19-20H2,1-6H3,(H,32,37)/t23-,24-/m1/s1. The molecule has 2 atom stereocenters. The van der Waals surface area contributed by atoms with E-state index in [-0.39, 0.29) is 34.8 Å². The van der Waals surface area contributed by atoms with Gasteiger partial charge in [0.25, 0.3) is 15.7 Å². The molecule has 3 aromatic carbocycles. The lowest BCUT2D eigenvalue weighted by molar-refractivity contribution is -0.385. The fraction of sp³-hybridized carbons (Fsp3) is 0.355. The van der Waals surface area contributed by atoms with E-state index < -0.39 is 33.4 Å². The van der Waals surface area contributed by atoms with Crippen molar-refractivity contribution in [2.24, 2.45) is 0 Å². The van der Waals surface area contributed by atoms with Crippen LogP contribution in [-0.4, -0.2) is 55.8 Å². The third-order valence-corrected chi connectivity index (χ3v) is 9.02. The van der Waals surface area contributed by atoms with Crippen molar-refractivity contribution in [1.82, 2.24) is 10.2 Å². The number of nitro benzene ring substituents is 1. The predicted octanol–water partition coefficient (Wildman–Crippen LogP) is 4.75. The predicted molar refractivity (Wildman–Crippen MR) is 164 cm³/mol. The van der Waals surface area contributed by atoms with Crippen LogP contribution in [0.5, 0.6) is 5.75 Å². The Kier molecular flexibility index (Phi) is 10.9. The highest BCUT2D eigenvalue weighted by molar-refractivity contribution is 7.92. The van der Waals surface area contributed by atoms with Crippen molar-refractivity contribution < 1.29 is 27.7 Å². The number of carbonyl (C=O) groups excluding carboxylic acids is 2. The zero-order valence-corrected chi connectivity index (χ0v) is 26.1. The number of amides is 2. The van der Waals surface area contributed by atoms with Gasteiger partial charge >= 0.3 is 0 Å². The fourth-order valence-corrected chi connectivity index (χ4v) is 5.72. The average Bonchev–Trinajstić information content (AvgIpc) is 2.98. The molecule has 2 amide bonds. The van der Waals surface area contributed by atoms with Crippen molar-refractivity contribution in [2.45, 2.75) is 64.6 Å². The second kappa shape index (κ2) is 14.1. The number of ether oxygens (including phenoxy) is 1. The van der Waals surface area contributed by atoms with Crippen molar-refractivity contribution in [1.29, 1.82) is 0 Å². The molecule has 11 nitrogen and oxygen atoms in total. The zero-order valence-electron chi connectivity index (χ0n) is 25.2. The molecule has 1 N–H and O–H groups in total. The normalized spacial score (nSPS) is 12.6. The van der Waals surface area contributed by atoms with Crippen LogP contribution >= 0.6 is 0 Å². The van der Waals surface area contributed by atoms with E-state index in [2.05, 4.69) is 5.32 Å². The third kappa shape index (κ3) is 8.10. The number of aryl methyl sites for hydroxylation is 2. The highest BCUT2D eigenvalue weighted by atomic mass is 32.2. The maximum Gasteiger partial charge on any atom is 0.273 e. The lowest BCUT2D eigenvalue weighted by Gasteiger charge is -2.32. The van der Waals surface area contributed by atoms with E-state index >= 15 is 0 Å². The molecule has 0 aliphatic rings. The van der Waals surface area contributed by atoms with Gasteiger partial charge in [0, 0.05) is 24.2 Å². The highest BCUT2D eigenvalue weighted by Gasteiger charge is 2.33. The molecule has 0 bridgehead atoms. The largest absolute Gasteiger partial charge is 0.497 e. The number of hydrogen-bond donors (Lipinski definition) is 1. The number of hydrogen-bond acceptors (Lipinski definition) is 7. The molecular formula is C31H38N4O7S. The Morgan fingerprint density at radius 1 is 1.00 bits per heavy atom. The van der Waals surface area contributed by atoms with Crippen LogP contribution in [0.4, 0.5) is 11.4 Å². The molecule has 0 radical (unpaired) electrons. The number of nitrogens with one attached hydrogen (secondary N) is 1. The summed E-state index contributed by atoms with van der Waals surface area (Å²) in [5.74, 6) is -0.536. The van der Waals surface area contributed by atoms with E-state index in [0.717, 1.165) is 21.5 Å². The van der Waals surface area contributed by atoms with Gasteiger partial charge in [0.2, 0.25) is 11.8 Å². The summed E-state index contributed by atoms with van der Waals surface area (Å²) in [6, 6.07) is 16.1. The van der Waals surface area contributed by atoms with Crippen LogP contribution < -0.4 is 14.4 Å². The molecule has 0 fully saturated rings. The van der Waals surface area contributed by atoms with Gasteiger partial charge in [-0.1, -0.05) is 42.8 Å². The van der Waals surface area contributed by atoms with Gasteiger partial charge in [0.1, 0.15) is 18.3 Å². The van der Waals surface area contributed by atoms with Crippen molar-refractivity contribution in [3.8, 4) is 5.75 Å². The minimum absolute atomic E-state index is 0.0563. The van der Waals surface area contributed by atoms with Crippen LogP contribution in [0.15, 0.2) is 71.6 Å². The molecule has 0 aliphatic heterocycles. The van der Waals surface area contributed by atoms with E-state index in [0.29, 0.717) is 17.7 Å². The molecule has 0 saturated heterocycles. The van der Waals surface area contributed by atoms with Gasteiger partial charge in [0.15, 0.2) is 0 Å². The topological polar surface area (TPSA) is 139 Å². The van der Waals surface area contributed by atoms with Crippen LogP contribution in [0.3, 0.4) is 0 Å². The Bertz CT molecular complexity index is 1560. The van der Waals surface area contributed by atoms with E-state index in [1.807, 2.05) is 45.0 Å². The summed E-state index contributed by atoms with van der Waals surface area (Å²) in [4.78, 5) is 39.1. The Balaban J connectivity index is 2.08. The molecule has 3 aromatic rings. The number of rotatable bonds is 13. The molecule has 12 heteroatoms. The van der Waals surface area contributed by atoms with Gasteiger partial charge in [-0.25, -0.2) is 8.42 Å². The second-order valence-electron chi connectivity index (χ2n) is 10.4. The van der Waals surface area contributed by atoms with Crippen LogP contribution in [-0.2, 0) is 26.2 Å². The SMILES string of the molecule is CC[C@@H](C)NC(=O)[C@@H](C)N(Cc1ccc(C)cc1)C(=O)CN(c1ccc(OC)cc1)S(=O)(=O)c1ccc(C)c([N+](=O)[O-])c1. The smallest absolute Gasteiger partial charge is 0.273 e. The Hall–Kier alpha value is -4.45. The van der Waals surface area contributed by atoms with Crippen LogP contribution in [0, 0.1) is 24.0 Å². The summed E-state index contributed by atoms with van der Waals surface area (Å²) in [6.07, 6.45) is 0.691. The van der Waals surface area contributed by atoms with Crippen molar-refractivity contribution in [3.63, 3.8) is 0 Å². The van der Waals surface area contributed by atoms with Gasteiger partial charge in [-0.2, -0.15) is 0 Å². The van der Waals surface area contributed by atoms with E-state index in [1.54, 1.807) is 19.1 Å². The lowest BCUT2D eigenvalue weighted by Crippen LogP contribution is -2.52. The first-order valence-electron chi connectivity index (χ1n) is 13.9. The summed E-state index contributed by atoms with van der Waals surface area (Å²) in [5.41, 5.74) is 1.85. The number of nitro groups is 1. The first kappa shape index (κ1) is 33.1. The number of benzene rings is 3. The summed E-state index contributed by atoms with van der Waals surface area (Å²) in [7, 11) is -3.02. The summed E-state index contributed by atoms with van der Waals surface area (Å²) in [6.45, 7) is 8.21. The zero-order chi connectivity index (χ0) is 31.9. The van der Waals surface area contributed by atoms with Gasteiger partial charge in [0.05, 0.1) is 22.6 Å². The maximum atomic E-state index is 14.0. The van der Waals surface area contributed by atoms with E-state index in [4.69, 9.17) is 4.74 Å². The number of carbonyl (C=O) groups is 2. The van der Waals surface area contributed by atoms with Gasteiger partial charge in [-0.3, -0.25) is 24.0 Å². The number of methoxy groups -OCH3 is 1. The minimum Gasteiger partial charge on any atom is -0.497 e. The van der Waals surface area contributed by atoms with Crippen molar-refractivity contribution in [3.05, 3.63) is 93.5 Å². The van der Waals surface area contributed by atoms with E-state index in [1.165, 1.54) is 43.2 Å². The molecule has 3 rings (SSSR count). The Labute approximate surface area is 252 Å². The van der Waals surface area contributed by atoms with Gasteiger partial charge in [-0.05, 0) is 70.0 Å². The first-order valence-corrected chi connectivity index (χ1v) is 15.3. The third-order valence-electron chi connectivity index (χ3n) is 7.25. The first-order chi connectivity index (χ1) is 20.3. The molecule has 0 saturated carbocycles. The van der Waals surface area contributed by atoms with E-state index in [9.17, 15) is 28.1 Å². The van der Waals surface area contributed by atoms with Crippen LogP contribution in [0.2, 0.25) is 0 Å². The molecule has 0 aromatic heterocycles. The van der Waals surface area contributed by atoms with Gasteiger partial charge < -0.3 is 15.0 Å². The molecule has 0 spiro atoms.